The van der Waals surface area contributed by atoms with Crippen molar-refractivity contribution in [3.8, 4) is 17.1 Å². The highest BCUT2D eigenvalue weighted by molar-refractivity contribution is 6.33. The van der Waals surface area contributed by atoms with Gasteiger partial charge in [-0.25, -0.2) is 18.8 Å². The van der Waals surface area contributed by atoms with Crippen molar-refractivity contribution in [3.63, 3.8) is 0 Å². The van der Waals surface area contributed by atoms with Crippen molar-refractivity contribution in [1.29, 1.82) is 0 Å². The van der Waals surface area contributed by atoms with E-state index in [1.807, 2.05) is 49.9 Å². The molecule has 1 aliphatic heterocycles. The number of carbonyl (C=O) groups is 1. The molecule has 1 aromatic carbocycles. The summed E-state index contributed by atoms with van der Waals surface area (Å²) in [4.78, 5) is 31.9. The minimum Gasteiger partial charge on any atom is -0.336 e. The van der Waals surface area contributed by atoms with Gasteiger partial charge in [-0.3, -0.25) is 4.98 Å². The number of hydrogen-bond donors (Lipinski definition) is 1. The van der Waals surface area contributed by atoms with Crippen molar-refractivity contribution in [2.45, 2.75) is 52.1 Å². The quantitative estimate of drug-likeness (QED) is 0.608. The highest BCUT2D eigenvalue weighted by atomic mass is 35.5. The Morgan fingerprint density at radius 1 is 1.21 bits per heavy atom. The average molecular weight is 469 g/mol. The number of benzene rings is 1. The van der Waals surface area contributed by atoms with E-state index >= 15 is 0 Å². The number of pyridine rings is 1. The zero-order valence-electron chi connectivity index (χ0n) is 19.2. The van der Waals surface area contributed by atoms with E-state index in [1.54, 1.807) is 27.7 Å². The Hall–Kier alpha value is -3.13. The van der Waals surface area contributed by atoms with E-state index in [1.165, 1.54) is 0 Å². The van der Waals surface area contributed by atoms with E-state index in [4.69, 9.17) is 16.7 Å². The maximum absolute atomic E-state index is 13.6. The molecule has 2 aromatic heterocycles. The summed E-state index contributed by atoms with van der Waals surface area (Å²) in [6.07, 6.45) is 5.38. The zero-order chi connectivity index (χ0) is 23.5. The van der Waals surface area contributed by atoms with E-state index in [-0.39, 0.29) is 23.8 Å². The summed E-state index contributed by atoms with van der Waals surface area (Å²) in [7, 11) is 0. The fourth-order valence-electron chi connectivity index (χ4n) is 4.00. The predicted octanol–water partition coefficient (Wildman–Crippen LogP) is 4.20. The van der Waals surface area contributed by atoms with Crippen LogP contribution in [0.3, 0.4) is 0 Å². The standard InChI is InChI=1S/C24H29ClN6O2/c1-4-17(3)27-23(32)29-13-10-19(11-14-29)31-24(33)30(18-7-5-16(2)6-8-18)22(28-31)20-9-12-26-15-21(20)25/h5-9,12,15,17,19H,4,10-11,13-14H2,1-3H3,(H,27,32). The Morgan fingerprint density at radius 2 is 1.91 bits per heavy atom. The molecule has 9 heteroatoms. The van der Waals surface area contributed by atoms with Crippen LogP contribution in [0.5, 0.6) is 0 Å². The smallest absolute Gasteiger partial charge is 0.336 e. The molecule has 0 aliphatic carbocycles. The maximum atomic E-state index is 13.6. The molecule has 2 amide bonds. The topological polar surface area (TPSA) is 85.1 Å². The van der Waals surface area contributed by atoms with Gasteiger partial charge in [0.25, 0.3) is 0 Å². The first-order valence-electron chi connectivity index (χ1n) is 11.3. The van der Waals surface area contributed by atoms with Crippen LogP contribution in [0.25, 0.3) is 17.1 Å². The number of rotatable bonds is 5. The van der Waals surface area contributed by atoms with Crippen molar-refractivity contribution >= 4 is 17.6 Å². The largest absolute Gasteiger partial charge is 0.351 e. The van der Waals surface area contributed by atoms with Gasteiger partial charge in [0.1, 0.15) is 0 Å². The summed E-state index contributed by atoms with van der Waals surface area (Å²) < 4.78 is 3.15. The van der Waals surface area contributed by atoms with E-state index in [9.17, 15) is 9.59 Å². The first-order chi connectivity index (χ1) is 15.9. The lowest BCUT2D eigenvalue weighted by atomic mass is 10.1. The molecule has 174 valence electrons. The van der Waals surface area contributed by atoms with Gasteiger partial charge < -0.3 is 10.2 Å². The number of halogens is 1. The second-order valence-corrected chi connectivity index (χ2v) is 8.96. The van der Waals surface area contributed by atoms with Crippen molar-refractivity contribution < 1.29 is 4.79 Å². The number of aryl methyl sites for hydroxylation is 1. The van der Waals surface area contributed by atoms with Crippen LogP contribution in [0.1, 0.15) is 44.7 Å². The number of hydrogen-bond acceptors (Lipinski definition) is 4. The molecule has 0 radical (unpaired) electrons. The molecule has 4 rings (SSSR count). The molecule has 1 aliphatic rings. The number of likely N-dealkylation sites (tertiary alicyclic amines) is 1. The number of piperidine rings is 1. The third kappa shape index (κ3) is 4.80. The lowest BCUT2D eigenvalue weighted by Gasteiger charge is -2.32. The van der Waals surface area contributed by atoms with Crippen molar-refractivity contribution in [2.24, 2.45) is 0 Å². The first kappa shape index (κ1) is 23.0. The third-order valence-corrected chi connectivity index (χ3v) is 6.49. The van der Waals surface area contributed by atoms with Crippen molar-refractivity contribution in [2.75, 3.05) is 13.1 Å². The van der Waals surface area contributed by atoms with Gasteiger partial charge in [0.15, 0.2) is 5.82 Å². The van der Waals surface area contributed by atoms with Gasteiger partial charge in [0, 0.05) is 37.1 Å². The molecule has 33 heavy (non-hydrogen) atoms. The number of carbonyl (C=O) groups excluding carboxylic acids is 1. The summed E-state index contributed by atoms with van der Waals surface area (Å²) in [5.74, 6) is 0.480. The van der Waals surface area contributed by atoms with Crippen molar-refractivity contribution in [3.05, 3.63) is 63.8 Å². The molecule has 1 fully saturated rings. The van der Waals surface area contributed by atoms with Gasteiger partial charge in [-0.2, -0.15) is 0 Å². The molecule has 1 saturated heterocycles. The zero-order valence-corrected chi connectivity index (χ0v) is 19.9. The molecule has 0 saturated carbocycles. The third-order valence-electron chi connectivity index (χ3n) is 6.19. The second kappa shape index (κ2) is 9.79. The van der Waals surface area contributed by atoms with Crippen LogP contribution in [0.4, 0.5) is 4.79 Å². The van der Waals surface area contributed by atoms with Gasteiger partial charge in [-0.1, -0.05) is 36.2 Å². The van der Waals surface area contributed by atoms with Crippen LogP contribution in [0.15, 0.2) is 47.5 Å². The normalized spacial score (nSPS) is 15.5. The Bertz CT molecular complexity index is 1180. The summed E-state index contributed by atoms with van der Waals surface area (Å²) in [5, 5.41) is 8.17. The minimum atomic E-state index is -0.218. The van der Waals surface area contributed by atoms with Crippen LogP contribution in [0, 0.1) is 6.92 Å². The lowest BCUT2D eigenvalue weighted by Crippen LogP contribution is -2.48. The van der Waals surface area contributed by atoms with Gasteiger partial charge in [0.2, 0.25) is 0 Å². The Kier molecular flexibility index (Phi) is 6.83. The number of aromatic nitrogens is 4. The summed E-state index contributed by atoms with van der Waals surface area (Å²) in [5.41, 5.74) is 2.26. The molecular weight excluding hydrogens is 440 g/mol. The molecule has 1 N–H and O–H groups in total. The van der Waals surface area contributed by atoms with Crippen LogP contribution < -0.4 is 11.0 Å². The molecule has 3 aromatic rings. The van der Waals surface area contributed by atoms with Crippen LogP contribution in [-0.2, 0) is 0 Å². The monoisotopic (exact) mass is 468 g/mol. The molecule has 0 spiro atoms. The summed E-state index contributed by atoms with van der Waals surface area (Å²) in [6.45, 7) is 7.18. The SMILES string of the molecule is CCC(C)NC(=O)N1CCC(n2nc(-c3ccncc3Cl)n(-c3ccc(C)cc3)c2=O)CC1. The second-order valence-electron chi connectivity index (χ2n) is 8.55. The summed E-state index contributed by atoms with van der Waals surface area (Å²) in [6, 6.07) is 9.49. The highest BCUT2D eigenvalue weighted by Gasteiger charge is 2.28. The molecule has 1 unspecified atom stereocenters. The van der Waals surface area contributed by atoms with Crippen LogP contribution in [-0.4, -0.2) is 49.4 Å². The first-order valence-corrected chi connectivity index (χ1v) is 11.7. The fourth-order valence-corrected chi connectivity index (χ4v) is 4.20. The summed E-state index contributed by atoms with van der Waals surface area (Å²) >= 11 is 6.42. The van der Waals surface area contributed by atoms with Gasteiger partial charge >= 0.3 is 11.7 Å². The lowest BCUT2D eigenvalue weighted by molar-refractivity contribution is 0.165. The Morgan fingerprint density at radius 3 is 2.55 bits per heavy atom. The Labute approximate surface area is 198 Å². The number of amides is 2. The average Bonchev–Trinajstić information content (AvgIpc) is 3.16. The predicted molar refractivity (Wildman–Crippen MR) is 129 cm³/mol. The number of nitrogens with one attached hydrogen (secondary N) is 1. The Balaban J connectivity index is 1.66. The van der Waals surface area contributed by atoms with Crippen LogP contribution in [0.2, 0.25) is 5.02 Å². The number of nitrogens with zero attached hydrogens (tertiary/aromatic N) is 5. The molecule has 3 heterocycles. The van der Waals surface area contributed by atoms with E-state index in [0.717, 1.165) is 17.7 Å². The number of urea groups is 1. The van der Waals surface area contributed by atoms with E-state index in [2.05, 4.69) is 10.3 Å². The fraction of sp³-hybridized carbons (Fsp3) is 0.417. The van der Waals surface area contributed by atoms with Gasteiger partial charge in [-0.15, -0.1) is 5.10 Å². The van der Waals surface area contributed by atoms with Crippen molar-refractivity contribution in [1.82, 2.24) is 29.5 Å². The van der Waals surface area contributed by atoms with Gasteiger partial charge in [0.05, 0.1) is 16.8 Å². The van der Waals surface area contributed by atoms with E-state index in [0.29, 0.717) is 42.3 Å². The molecule has 0 bridgehead atoms. The molecule has 8 nitrogen and oxygen atoms in total. The van der Waals surface area contributed by atoms with E-state index < -0.39 is 0 Å². The minimum absolute atomic E-state index is 0.0513. The molecule has 1 atom stereocenters. The molecular formula is C24H29ClN6O2. The highest BCUT2D eigenvalue weighted by Crippen LogP contribution is 2.28. The van der Waals surface area contributed by atoms with Crippen LogP contribution >= 0.6 is 11.6 Å². The maximum Gasteiger partial charge on any atom is 0.351 e. The van der Waals surface area contributed by atoms with Gasteiger partial charge in [-0.05, 0) is 51.3 Å².